The van der Waals surface area contributed by atoms with Gasteiger partial charge in [0.05, 0.1) is 11.6 Å². The van der Waals surface area contributed by atoms with Crippen molar-refractivity contribution in [3.63, 3.8) is 0 Å². The van der Waals surface area contributed by atoms with Crippen LogP contribution in [0.1, 0.15) is 58.9 Å². The third kappa shape index (κ3) is 5.07. The van der Waals surface area contributed by atoms with Crippen LogP contribution in [0.5, 0.6) is 0 Å². The van der Waals surface area contributed by atoms with Gasteiger partial charge < -0.3 is 10.1 Å². The predicted molar refractivity (Wildman–Crippen MR) is 110 cm³/mol. The molecule has 3 atom stereocenters. The third-order valence-corrected chi connectivity index (χ3v) is 5.41. The van der Waals surface area contributed by atoms with Gasteiger partial charge >= 0.3 is 0 Å². The Kier molecular flexibility index (Phi) is 6.46. The van der Waals surface area contributed by atoms with Crippen LogP contribution in [0, 0.1) is 5.41 Å². The van der Waals surface area contributed by atoms with E-state index in [1.165, 1.54) is 0 Å². The molecule has 1 N–H and O–H groups in total. The molecule has 1 aromatic rings. The Morgan fingerprint density at radius 2 is 2.15 bits per heavy atom. The first-order valence-electron chi connectivity index (χ1n) is 9.46. The largest absolute Gasteiger partial charge is 0.377 e. The van der Waals surface area contributed by atoms with Crippen LogP contribution in [0.2, 0.25) is 0 Å². The van der Waals surface area contributed by atoms with E-state index in [-0.39, 0.29) is 28.9 Å². The van der Waals surface area contributed by atoms with Crippen LogP contribution < -0.4 is 5.32 Å². The van der Waals surface area contributed by atoms with Gasteiger partial charge in [-0.05, 0) is 62.6 Å². The number of rotatable bonds is 8. The molecule has 2 rings (SSSR count). The van der Waals surface area contributed by atoms with Gasteiger partial charge in [0.2, 0.25) is 0 Å². The molecule has 1 heterocycles. The number of hydrogen-bond acceptors (Lipinski definition) is 3. The molecule has 1 aliphatic rings. The second-order valence-electron chi connectivity index (χ2n) is 8.50. The van der Waals surface area contributed by atoms with E-state index in [0.29, 0.717) is 0 Å². The van der Waals surface area contributed by atoms with Crippen LogP contribution in [0.15, 0.2) is 43.5 Å². The van der Waals surface area contributed by atoms with Crippen LogP contribution in [-0.4, -0.2) is 23.5 Å². The molecule has 1 aromatic carbocycles. The third-order valence-electron chi connectivity index (χ3n) is 5.41. The fourth-order valence-corrected chi connectivity index (χ4v) is 3.77. The smallest absolute Gasteiger partial charge is 0.158 e. The van der Waals surface area contributed by atoms with Crippen molar-refractivity contribution in [2.75, 3.05) is 5.32 Å². The number of carbonyl (C=O) groups excluding carboxylic acids is 1. The second-order valence-corrected chi connectivity index (χ2v) is 8.50. The van der Waals surface area contributed by atoms with E-state index in [1.54, 1.807) is 6.92 Å². The van der Waals surface area contributed by atoms with Crippen molar-refractivity contribution in [3.05, 3.63) is 49.1 Å². The summed E-state index contributed by atoms with van der Waals surface area (Å²) in [5.74, 6) is 0.118. The standard InChI is InChI=1S/C23H33NO2/c1-7-13-22(4,5)16-21-23(6,14-12-20(26-21)17(3)25)24-19-11-9-10-18(8-2)15-19/h7-11,15,20-21,24H,1-2,12-14,16H2,3-6H3/t20-,21-,23+/m0/s1. The highest BCUT2D eigenvalue weighted by molar-refractivity contribution is 5.80. The summed E-state index contributed by atoms with van der Waals surface area (Å²) in [5, 5.41) is 3.70. The summed E-state index contributed by atoms with van der Waals surface area (Å²) < 4.78 is 6.31. The van der Waals surface area contributed by atoms with E-state index in [4.69, 9.17) is 4.74 Å². The lowest BCUT2D eigenvalue weighted by molar-refractivity contribution is -0.145. The summed E-state index contributed by atoms with van der Waals surface area (Å²) >= 11 is 0. The molecule has 0 unspecified atom stereocenters. The summed E-state index contributed by atoms with van der Waals surface area (Å²) in [6, 6.07) is 8.23. The van der Waals surface area contributed by atoms with Crippen molar-refractivity contribution < 1.29 is 9.53 Å². The fourth-order valence-electron chi connectivity index (χ4n) is 3.77. The zero-order valence-electron chi connectivity index (χ0n) is 16.7. The molecular weight excluding hydrogens is 322 g/mol. The molecule has 0 radical (unpaired) electrons. The SMILES string of the molecule is C=CCC(C)(C)C[C@@H]1O[C@H](C(C)=O)CC[C@@]1(C)Nc1cccc(C=C)c1. The topological polar surface area (TPSA) is 38.3 Å². The second kappa shape index (κ2) is 8.22. The lowest BCUT2D eigenvalue weighted by Crippen LogP contribution is -2.55. The van der Waals surface area contributed by atoms with E-state index in [9.17, 15) is 4.79 Å². The number of Topliss-reactive ketones (excluding diaryl/α,β-unsaturated/α-hetero) is 1. The van der Waals surface area contributed by atoms with Crippen LogP contribution >= 0.6 is 0 Å². The minimum Gasteiger partial charge on any atom is -0.377 e. The Morgan fingerprint density at radius 3 is 2.77 bits per heavy atom. The van der Waals surface area contributed by atoms with Crippen LogP contribution in [-0.2, 0) is 9.53 Å². The Labute approximate surface area is 158 Å². The zero-order valence-corrected chi connectivity index (χ0v) is 16.7. The molecule has 0 amide bonds. The minimum absolute atomic E-state index is 0.0486. The first-order chi connectivity index (χ1) is 12.2. The normalized spacial score (nSPS) is 26.2. The molecule has 26 heavy (non-hydrogen) atoms. The van der Waals surface area contributed by atoms with Crippen molar-refractivity contribution in [2.45, 2.75) is 71.1 Å². The number of allylic oxidation sites excluding steroid dienone is 1. The van der Waals surface area contributed by atoms with Gasteiger partial charge in [0.15, 0.2) is 5.78 Å². The van der Waals surface area contributed by atoms with Gasteiger partial charge in [-0.3, -0.25) is 4.79 Å². The summed E-state index contributed by atoms with van der Waals surface area (Å²) in [5.41, 5.74) is 1.98. The highest BCUT2D eigenvalue weighted by Gasteiger charge is 2.44. The maximum absolute atomic E-state index is 11.9. The summed E-state index contributed by atoms with van der Waals surface area (Å²) in [4.78, 5) is 11.9. The van der Waals surface area contributed by atoms with Crippen molar-refractivity contribution in [1.82, 2.24) is 0 Å². The van der Waals surface area contributed by atoms with Crippen LogP contribution in [0.3, 0.4) is 0 Å². The molecule has 142 valence electrons. The highest BCUT2D eigenvalue weighted by atomic mass is 16.5. The average molecular weight is 356 g/mol. The lowest BCUT2D eigenvalue weighted by Gasteiger charge is -2.47. The molecule has 0 bridgehead atoms. The van der Waals surface area contributed by atoms with E-state index in [0.717, 1.165) is 36.9 Å². The molecule has 0 saturated carbocycles. The van der Waals surface area contributed by atoms with Gasteiger partial charge in [0.1, 0.15) is 6.10 Å². The maximum atomic E-state index is 11.9. The van der Waals surface area contributed by atoms with Gasteiger partial charge in [-0.1, -0.05) is 44.7 Å². The molecule has 1 aliphatic heterocycles. The Morgan fingerprint density at radius 1 is 1.42 bits per heavy atom. The molecule has 1 fully saturated rings. The minimum atomic E-state index is -0.297. The quantitative estimate of drug-likeness (QED) is 0.614. The number of ether oxygens (including phenoxy) is 1. The molecule has 0 aromatic heterocycles. The average Bonchev–Trinajstić information content (AvgIpc) is 2.56. The van der Waals surface area contributed by atoms with E-state index >= 15 is 0 Å². The first-order valence-corrected chi connectivity index (χ1v) is 9.46. The van der Waals surface area contributed by atoms with Gasteiger partial charge in [-0.15, -0.1) is 6.58 Å². The monoisotopic (exact) mass is 355 g/mol. The summed E-state index contributed by atoms with van der Waals surface area (Å²) in [6.45, 7) is 16.0. The van der Waals surface area contributed by atoms with Crippen molar-refractivity contribution >= 4 is 17.5 Å². The first kappa shape index (κ1) is 20.4. The maximum Gasteiger partial charge on any atom is 0.158 e. The number of benzene rings is 1. The van der Waals surface area contributed by atoms with Crippen LogP contribution in [0.25, 0.3) is 6.08 Å². The van der Waals surface area contributed by atoms with Crippen molar-refractivity contribution in [2.24, 2.45) is 5.41 Å². The van der Waals surface area contributed by atoms with Crippen LogP contribution in [0.4, 0.5) is 5.69 Å². The Bertz CT molecular complexity index is 664. The molecule has 0 aliphatic carbocycles. The highest BCUT2D eigenvalue weighted by Crippen LogP contribution is 2.40. The molecule has 3 heteroatoms. The number of hydrogen-bond donors (Lipinski definition) is 1. The number of ketones is 1. The van der Waals surface area contributed by atoms with E-state index < -0.39 is 0 Å². The van der Waals surface area contributed by atoms with E-state index in [2.05, 4.69) is 51.4 Å². The Hall–Kier alpha value is -1.87. The van der Waals surface area contributed by atoms with Gasteiger partial charge in [-0.25, -0.2) is 0 Å². The zero-order chi connectivity index (χ0) is 19.4. The number of anilines is 1. The number of nitrogens with one attached hydrogen (secondary N) is 1. The lowest BCUT2D eigenvalue weighted by atomic mass is 9.74. The predicted octanol–water partition coefficient (Wildman–Crippen LogP) is 5.63. The Balaban J connectivity index is 2.27. The molecule has 3 nitrogen and oxygen atoms in total. The van der Waals surface area contributed by atoms with Gasteiger partial charge in [0, 0.05) is 5.69 Å². The van der Waals surface area contributed by atoms with Gasteiger partial charge in [-0.2, -0.15) is 0 Å². The molecular formula is C23H33NO2. The summed E-state index contributed by atoms with van der Waals surface area (Å²) in [6.07, 6.45) is 6.89. The van der Waals surface area contributed by atoms with Gasteiger partial charge in [0.25, 0.3) is 0 Å². The summed E-state index contributed by atoms with van der Waals surface area (Å²) in [7, 11) is 0. The van der Waals surface area contributed by atoms with Crippen molar-refractivity contribution in [1.29, 1.82) is 0 Å². The molecule has 1 saturated heterocycles. The number of carbonyl (C=O) groups is 1. The molecule has 0 spiro atoms. The van der Waals surface area contributed by atoms with E-state index in [1.807, 2.05) is 24.3 Å². The fraction of sp³-hybridized carbons (Fsp3) is 0.522. The van der Waals surface area contributed by atoms with Crippen molar-refractivity contribution in [3.8, 4) is 0 Å².